The summed E-state index contributed by atoms with van der Waals surface area (Å²) >= 11 is 0. The van der Waals surface area contributed by atoms with Gasteiger partial charge in [-0.25, -0.2) is 0 Å². The molecular weight excluding hydrogens is 274 g/mol. The topological polar surface area (TPSA) is 77.0 Å². The van der Waals surface area contributed by atoms with Gasteiger partial charge in [-0.15, -0.1) is 0 Å². The highest BCUT2D eigenvalue weighted by Gasteiger charge is 2.16. The van der Waals surface area contributed by atoms with Gasteiger partial charge in [-0.2, -0.15) is 0 Å². The Balaban J connectivity index is 2.57. The Morgan fingerprint density at radius 2 is 2.10 bits per heavy atom. The van der Waals surface area contributed by atoms with Crippen molar-refractivity contribution in [1.82, 2.24) is 5.32 Å². The molecule has 6 heteroatoms. The normalized spacial score (nSPS) is 11.8. The van der Waals surface area contributed by atoms with Crippen LogP contribution in [0.2, 0.25) is 0 Å². The number of benzene rings is 1. The first-order valence-electron chi connectivity index (χ1n) is 6.83. The second kappa shape index (κ2) is 9.20. The number of aliphatic hydroxyl groups is 1. The molecule has 0 saturated carbocycles. The van der Waals surface area contributed by atoms with Crippen molar-refractivity contribution in [2.24, 2.45) is 0 Å². The molecule has 0 spiro atoms. The van der Waals surface area contributed by atoms with Crippen LogP contribution in [0.1, 0.15) is 18.9 Å². The average molecular weight is 297 g/mol. The molecule has 21 heavy (non-hydrogen) atoms. The number of hydrogen-bond acceptors (Lipinski definition) is 5. The summed E-state index contributed by atoms with van der Waals surface area (Å²) in [5, 5.41) is 11.9. The van der Waals surface area contributed by atoms with E-state index < -0.39 is 6.10 Å². The van der Waals surface area contributed by atoms with E-state index in [0.29, 0.717) is 24.7 Å². The highest BCUT2D eigenvalue weighted by molar-refractivity contribution is 5.80. The zero-order valence-electron chi connectivity index (χ0n) is 12.7. The first-order valence-corrected chi connectivity index (χ1v) is 6.83. The molecule has 1 amide bonds. The van der Waals surface area contributed by atoms with E-state index in [1.807, 2.05) is 0 Å². The Morgan fingerprint density at radius 1 is 1.33 bits per heavy atom. The lowest BCUT2D eigenvalue weighted by Crippen LogP contribution is -2.37. The number of nitrogens with one attached hydrogen (secondary N) is 1. The second-order valence-electron chi connectivity index (χ2n) is 4.54. The van der Waals surface area contributed by atoms with Crippen molar-refractivity contribution >= 4 is 5.91 Å². The molecule has 1 aromatic rings. The number of carbonyl (C=O) groups excluding carboxylic acids is 1. The maximum absolute atomic E-state index is 11.9. The number of methoxy groups -OCH3 is 2. The van der Waals surface area contributed by atoms with Gasteiger partial charge in [-0.1, -0.05) is 6.07 Å². The lowest BCUT2D eigenvalue weighted by atomic mass is 10.2. The summed E-state index contributed by atoms with van der Waals surface area (Å²) in [6, 6.07) is 5.08. The summed E-state index contributed by atoms with van der Waals surface area (Å²) in [6.45, 7) is 2.74. The van der Waals surface area contributed by atoms with Crippen molar-refractivity contribution in [3.05, 3.63) is 23.8 Å². The molecule has 0 bridgehead atoms. The Kier molecular flexibility index (Phi) is 7.56. The molecule has 1 aromatic carbocycles. The molecule has 0 saturated heterocycles. The van der Waals surface area contributed by atoms with E-state index in [2.05, 4.69) is 5.32 Å². The number of aliphatic hydroxyl groups excluding tert-OH is 1. The maximum Gasteiger partial charge on any atom is 0.260 e. The molecular formula is C15H23NO5. The van der Waals surface area contributed by atoms with Crippen LogP contribution in [0.4, 0.5) is 0 Å². The zero-order valence-corrected chi connectivity index (χ0v) is 12.7. The molecule has 1 unspecified atom stereocenters. The first-order chi connectivity index (χ1) is 10.1. The van der Waals surface area contributed by atoms with E-state index >= 15 is 0 Å². The molecule has 0 fully saturated rings. The fraction of sp³-hybridized carbons (Fsp3) is 0.533. The summed E-state index contributed by atoms with van der Waals surface area (Å²) in [4.78, 5) is 11.9. The van der Waals surface area contributed by atoms with Crippen molar-refractivity contribution in [2.45, 2.75) is 26.1 Å². The third kappa shape index (κ3) is 5.61. The van der Waals surface area contributed by atoms with Crippen LogP contribution < -0.4 is 14.8 Å². The van der Waals surface area contributed by atoms with Crippen LogP contribution >= 0.6 is 0 Å². The zero-order chi connectivity index (χ0) is 15.7. The van der Waals surface area contributed by atoms with E-state index in [-0.39, 0.29) is 12.5 Å². The average Bonchev–Trinajstić information content (AvgIpc) is 2.51. The molecule has 0 aliphatic heterocycles. The minimum Gasteiger partial charge on any atom is -0.493 e. The molecule has 1 rings (SSSR count). The Bertz CT molecular complexity index is 450. The fourth-order valence-electron chi connectivity index (χ4n) is 1.72. The number of rotatable bonds is 9. The third-order valence-corrected chi connectivity index (χ3v) is 2.91. The standard InChI is InChI=1S/C15H23NO5/c1-11(15(18)16-7-4-8-19-2)21-13-6-5-12(10-17)9-14(13)20-3/h5-6,9,11,17H,4,7-8,10H2,1-3H3,(H,16,18). The molecule has 0 aliphatic carbocycles. The van der Waals surface area contributed by atoms with Crippen LogP contribution in [0.3, 0.4) is 0 Å². The van der Waals surface area contributed by atoms with E-state index in [4.69, 9.17) is 19.3 Å². The summed E-state index contributed by atoms with van der Waals surface area (Å²) in [5.74, 6) is 0.759. The van der Waals surface area contributed by atoms with Gasteiger partial charge in [0.1, 0.15) is 0 Å². The largest absolute Gasteiger partial charge is 0.493 e. The SMILES string of the molecule is COCCCNC(=O)C(C)Oc1ccc(CO)cc1OC. The van der Waals surface area contributed by atoms with Crippen LogP contribution in [0, 0.1) is 0 Å². The van der Waals surface area contributed by atoms with E-state index in [0.717, 1.165) is 12.0 Å². The molecule has 6 nitrogen and oxygen atoms in total. The highest BCUT2D eigenvalue weighted by Crippen LogP contribution is 2.28. The van der Waals surface area contributed by atoms with Gasteiger partial charge in [0.05, 0.1) is 13.7 Å². The van der Waals surface area contributed by atoms with E-state index in [9.17, 15) is 4.79 Å². The fourth-order valence-corrected chi connectivity index (χ4v) is 1.72. The lowest BCUT2D eigenvalue weighted by molar-refractivity contribution is -0.127. The second-order valence-corrected chi connectivity index (χ2v) is 4.54. The number of carbonyl (C=O) groups is 1. The molecule has 0 aliphatic rings. The van der Waals surface area contributed by atoms with Gasteiger partial charge in [0, 0.05) is 20.3 Å². The van der Waals surface area contributed by atoms with Gasteiger partial charge in [-0.05, 0) is 31.0 Å². The summed E-state index contributed by atoms with van der Waals surface area (Å²) < 4.78 is 15.7. The Hall–Kier alpha value is -1.79. The molecule has 1 atom stereocenters. The van der Waals surface area contributed by atoms with Crippen molar-refractivity contribution in [3.63, 3.8) is 0 Å². The van der Waals surface area contributed by atoms with Gasteiger partial charge < -0.3 is 24.6 Å². The summed E-state index contributed by atoms with van der Waals surface area (Å²) in [6.07, 6.45) is 0.116. The monoisotopic (exact) mass is 297 g/mol. The lowest BCUT2D eigenvalue weighted by Gasteiger charge is -2.17. The van der Waals surface area contributed by atoms with Gasteiger partial charge in [0.2, 0.25) is 0 Å². The van der Waals surface area contributed by atoms with Crippen molar-refractivity contribution in [3.8, 4) is 11.5 Å². The Labute approximate surface area is 125 Å². The minimum atomic E-state index is -0.638. The predicted octanol–water partition coefficient (Wildman–Crippen LogP) is 1.11. The van der Waals surface area contributed by atoms with Crippen molar-refractivity contribution < 1.29 is 24.1 Å². The van der Waals surface area contributed by atoms with Crippen LogP contribution in [0.15, 0.2) is 18.2 Å². The van der Waals surface area contributed by atoms with Crippen molar-refractivity contribution in [2.75, 3.05) is 27.4 Å². The van der Waals surface area contributed by atoms with Gasteiger partial charge in [0.15, 0.2) is 17.6 Å². The Morgan fingerprint density at radius 3 is 2.71 bits per heavy atom. The van der Waals surface area contributed by atoms with E-state index in [1.165, 1.54) is 7.11 Å². The summed E-state index contributed by atoms with van der Waals surface area (Å²) in [5.41, 5.74) is 0.718. The van der Waals surface area contributed by atoms with Crippen molar-refractivity contribution in [1.29, 1.82) is 0 Å². The van der Waals surface area contributed by atoms with Crippen LogP contribution in [0.25, 0.3) is 0 Å². The molecule has 0 aromatic heterocycles. The first kappa shape index (κ1) is 17.3. The van der Waals surface area contributed by atoms with Crippen LogP contribution in [0.5, 0.6) is 11.5 Å². The minimum absolute atomic E-state index is 0.0772. The van der Waals surface area contributed by atoms with Crippen LogP contribution in [-0.2, 0) is 16.1 Å². The smallest absolute Gasteiger partial charge is 0.260 e. The molecule has 2 N–H and O–H groups in total. The maximum atomic E-state index is 11.9. The number of amides is 1. The third-order valence-electron chi connectivity index (χ3n) is 2.91. The van der Waals surface area contributed by atoms with E-state index in [1.54, 1.807) is 32.2 Å². The quantitative estimate of drug-likeness (QED) is 0.668. The molecule has 0 radical (unpaired) electrons. The molecule has 118 valence electrons. The number of ether oxygens (including phenoxy) is 3. The van der Waals surface area contributed by atoms with Gasteiger partial charge in [-0.3, -0.25) is 4.79 Å². The molecule has 0 heterocycles. The summed E-state index contributed by atoms with van der Waals surface area (Å²) in [7, 11) is 3.13. The highest BCUT2D eigenvalue weighted by atomic mass is 16.5. The number of hydrogen-bond donors (Lipinski definition) is 2. The van der Waals surface area contributed by atoms with Gasteiger partial charge >= 0.3 is 0 Å². The van der Waals surface area contributed by atoms with Crippen LogP contribution in [-0.4, -0.2) is 44.5 Å². The predicted molar refractivity (Wildman–Crippen MR) is 78.5 cm³/mol. The van der Waals surface area contributed by atoms with Gasteiger partial charge in [0.25, 0.3) is 5.91 Å².